The van der Waals surface area contributed by atoms with Gasteiger partial charge in [0.15, 0.2) is 0 Å². The molecular formula is C19H19ClN2O2. The topological polar surface area (TPSA) is 58.2 Å². The second-order valence-corrected chi connectivity index (χ2v) is 6.40. The van der Waals surface area contributed by atoms with Gasteiger partial charge in [0, 0.05) is 17.5 Å². The molecule has 5 heteroatoms. The van der Waals surface area contributed by atoms with Crippen LogP contribution in [-0.4, -0.2) is 17.9 Å². The molecule has 2 N–H and O–H groups in total. The molecule has 3 rings (SSSR count). The lowest BCUT2D eigenvalue weighted by atomic mass is 10.1. The Morgan fingerprint density at radius 2 is 1.75 bits per heavy atom. The third-order valence-electron chi connectivity index (χ3n) is 3.91. The van der Waals surface area contributed by atoms with Gasteiger partial charge in [-0.25, -0.2) is 0 Å². The maximum atomic E-state index is 12.2. The van der Waals surface area contributed by atoms with E-state index in [9.17, 15) is 9.59 Å². The summed E-state index contributed by atoms with van der Waals surface area (Å²) in [6.45, 7) is 0. The predicted octanol–water partition coefficient (Wildman–Crippen LogP) is 3.80. The number of halogens is 1. The summed E-state index contributed by atoms with van der Waals surface area (Å²) in [5, 5.41) is 6.46. The van der Waals surface area contributed by atoms with Crippen molar-refractivity contribution in [1.29, 1.82) is 0 Å². The van der Waals surface area contributed by atoms with Crippen LogP contribution in [0.15, 0.2) is 48.5 Å². The van der Waals surface area contributed by atoms with Crippen LogP contribution in [-0.2, 0) is 11.2 Å². The summed E-state index contributed by atoms with van der Waals surface area (Å²) in [5.74, 6) is -0.247. The summed E-state index contributed by atoms with van der Waals surface area (Å²) in [7, 11) is 0. The Kier molecular flexibility index (Phi) is 5.16. The van der Waals surface area contributed by atoms with Crippen LogP contribution in [0, 0.1) is 0 Å². The number of carbonyl (C=O) groups excluding carboxylic acids is 2. The van der Waals surface area contributed by atoms with Crippen LogP contribution in [0.1, 0.15) is 35.2 Å². The number of para-hydroxylation sites is 1. The number of anilines is 1. The third-order valence-corrected chi connectivity index (χ3v) is 4.16. The van der Waals surface area contributed by atoms with Crippen molar-refractivity contribution in [1.82, 2.24) is 5.32 Å². The zero-order valence-corrected chi connectivity index (χ0v) is 14.0. The quantitative estimate of drug-likeness (QED) is 0.838. The van der Waals surface area contributed by atoms with E-state index in [2.05, 4.69) is 10.6 Å². The molecule has 24 heavy (non-hydrogen) atoms. The van der Waals surface area contributed by atoms with Crippen molar-refractivity contribution >= 4 is 29.1 Å². The Morgan fingerprint density at radius 1 is 1.04 bits per heavy atom. The zero-order chi connectivity index (χ0) is 16.9. The number of nitrogens with one attached hydrogen (secondary N) is 2. The molecule has 0 saturated heterocycles. The molecule has 0 atom stereocenters. The molecule has 0 radical (unpaired) electrons. The van der Waals surface area contributed by atoms with Gasteiger partial charge in [-0.05, 0) is 49.1 Å². The SMILES string of the molecule is O=C(CCc1ccc(Cl)cc1)Nc1ccccc1C(=O)NC1CC1. The molecule has 1 saturated carbocycles. The molecule has 2 aromatic rings. The van der Waals surface area contributed by atoms with E-state index >= 15 is 0 Å². The van der Waals surface area contributed by atoms with Crippen molar-refractivity contribution in [3.63, 3.8) is 0 Å². The molecular weight excluding hydrogens is 324 g/mol. The third kappa shape index (κ3) is 4.59. The van der Waals surface area contributed by atoms with Gasteiger partial charge < -0.3 is 10.6 Å². The highest BCUT2D eigenvalue weighted by molar-refractivity contribution is 6.30. The number of benzene rings is 2. The average Bonchev–Trinajstić information content (AvgIpc) is 3.39. The predicted molar refractivity (Wildman–Crippen MR) is 95.3 cm³/mol. The minimum atomic E-state index is -0.133. The summed E-state index contributed by atoms with van der Waals surface area (Å²) in [6, 6.07) is 14.8. The zero-order valence-electron chi connectivity index (χ0n) is 13.2. The molecule has 2 amide bonds. The first kappa shape index (κ1) is 16.5. The molecule has 0 spiro atoms. The number of amides is 2. The minimum Gasteiger partial charge on any atom is -0.349 e. The summed E-state index contributed by atoms with van der Waals surface area (Å²) in [4.78, 5) is 24.4. The van der Waals surface area contributed by atoms with Gasteiger partial charge >= 0.3 is 0 Å². The molecule has 1 fully saturated rings. The Bertz CT molecular complexity index is 739. The summed E-state index contributed by atoms with van der Waals surface area (Å²) in [6.07, 6.45) is 3.03. The molecule has 0 unspecified atom stereocenters. The van der Waals surface area contributed by atoms with E-state index in [1.54, 1.807) is 18.2 Å². The fraction of sp³-hybridized carbons (Fsp3) is 0.263. The Balaban J connectivity index is 1.59. The highest BCUT2D eigenvalue weighted by Gasteiger charge is 2.24. The Morgan fingerprint density at radius 3 is 2.46 bits per heavy atom. The number of hydrogen-bond donors (Lipinski definition) is 2. The molecule has 0 bridgehead atoms. The standard InChI is InChI=1S/C19H19ClN2O2/c20-14-8-5-13(6-9-14)7-12-18(23)22-17-4-2-1-3-16(17)19(24)21-15-10-11-15/h1-6,8-9,15H,7,10-12H2,(H,21,24)(H,22,23). The molecule has 1 aliphatic rings. The van der Waals surface area contributed by atoms with Crippen molar-refractivity contribution in [2.45, 2.75) is 31.7 Å². The second-order valence-electron chi connectivity index (χ2n) is 5.97. The van der Waals surface area contributed by atoms with Crippen LogP contribution in [0.3, 0.4) is 0 Å². The van der Waals surface area contributed by atoms with Crippen LogP contribution in [0.2, 0.25) is 5.02 Å². The van der Waals surface area contributed by atoms with Crippen LogP contribution in [0.5, 0.6) is 0 Å². The smallest absolute Gasteiger partial charge is 0.253 e. The second kappa shape index (κ2) is 7.49. The molecule has 2 aromatic carbocycles. The number of hydrogen-bond acceptors (Lipinski definition) is 2. The molecule has 0 heterocycles. The lowest BCUT2D eigenvalue weighted by Crippen LogP contribution is -2.27. The number of rotatable bonds is 6. The number of carbonyl (C=O) groups is 2. The van der Waals surface area contributed by atoms with E-state index < -0.39 is 0 Å². The first-order valence-electron chi connectivity index (χ1n) is 8.06. The highest BCUT2D eigenvalue weighted by atomic mass is 35.5. The lowest BCUT2D eigenvalue weighted by Gasteiger charge is -2.11. The molecule has 124 valence electrons. The Labute approximate surface area is 146 Å². The average molecular weight is 343 g/mol. The summed E-state index contributed by atoms with van der Waals surface area (Å²) >= 11 is 5.85. The van der Waals surface area contributed by atoms with Crippen molar-refractivity contribution in [3.05, 3.63) is 64.7 Å². The number of aryl methyl sites for hydroxylation is 1. The van der Waals surface area contributed by atoms with Gasteiger partial charge in [-0.1, -0.05) is 35.9 Å². The normalized spacial score (nSPS) is 13.4. The first-order valence-corrected chi connectivity index (χ1v) is 8.44. The Hall–Kier alpha value is -2.33. The first-order chi connectivity index (χ1) is 11.6. The highest BCUT2D eigenvalue weighted by Crippen LogP contribution is 2.21. The summed E-state index contributed by atoms with van der Waals surface area (Å²) in [5.41, 5.74) is 2.11. The summed E-state index contributed by atoms with van der Waals surface area (Å²) < 4.78 is 0. The van der Waals surface area contributed by atoms with Crippen LogP contribution in [0.25, 0.3) is 0 Å². The fourth-order valence-corrected chi connectivity index (χ4v) is 2.53. The van der Waals surface area contributed by atoms with E-state index in [0.29, 0.717) is 29.1 Å². The van der Waals surface area contributed by atoms with Gasteiger partial charge in [-0.2, -0.15) is 0 Å². The van der Waals surface area contributed by atoms with Crippen molar-refractivity contribution in [2.75, 3.05) is 5.32 Å². The largest absolute Gasteiger partial charge is 0.349 e. The van der Waals surface area contributed by atoms with E-state index in [-0.39, 0.29) is 17.9 Å². The van der Waals surface area contributed by atoms with Crippen molar-refractivity contribution < 1.29 is 9.59 Å². The van der Waals surface area contributed by atoms with Crippen LogP contribution >= 0.6 is 11.6 Å². The maximum Gasteiger partial charge on any atom is 0.253 e. The van der Waals surface area contributed by atoms with Crippen LogP contribution in [0.4, 0.5) is 5.69 Å². The van der Waals surface area contributed by atoms with Crippen LogP contribution < -0.4 is 10.6 Å². The van der Waals surface area contributed by atoms with E-state index in [4.69, 9.17) is 11.6 Å². The molecule has 0 aromatic heterocycles. The van der Waals surface area contributed by atoms with Gasteiger partial charge in [0.05, 0.1) is 11.3 Å². The van der Waals surface area contributed by atoms with Crippen molar-refractivity contribution in [2.24, 2.45) is 0 Å². The fourth-order valence-electron chi connectivity index (χ4n) is 2.40. The molecule has 1 aliphatic carbocycles. The maximum absolute atomic E-state index is 12.2. The van der Waals surface area contributed by atoms with Gasteiger partial charge in [0.2, 0.25) is 5.91 Å². The van der Waals surface area contributed by atoms with Gasteiger partial charge in [0.1, 0.15) is 0 Å². The van der Waals surface area contributed by atoms with E-state index in [1.807, 2.05) is 30.3 Å². The van der Waals surface area contributed by atoms with Gasteiger partial charge in [-0.15, -0.1) is 0 Å². The van der Waals surface area contributed by atoms with Crippen molar-refractivity contribution in [3.8, 4) is 0 Å². The van der Waals surface area contributed by atoms with Gasteiger partial charge in [-0.3, -0.25) is 9.59 Å². The minimum absolute atomic E-state index is 0.114. The molecule has 4 nitrogen and oxygen atoms in total. The van der Waals surface area contributed by atoms with E-state index in [0.717, 1.165) is 18.4 Å². The molecule has 0 aliphatic heterocycles. The monoisotopic (exact) mass is 342 g/mol. The van der Waals surface area contributed by atoms with Gasteiger partial charge in [0.25, 0.3) is 5.91 Å². The lowest BCUT2D eigenvalue weighted by molar-refractivity contribution is -0.116. The van der Waals surface area contributed by atoms with E-state index in [1.165, 1.54) is 0 Å².